The molecule has 1 N–H and O–H groups in total. The summed E-state index contributed by atoms with van der Waals surface area (Å²) in [5.41, 5.74) is 0.949. The fraction of sp³-hybridized carbons (Fsp3) is 0.0588. The molecule has 3 rings (SSSR count). The summed E-state index contributed by atoms with van der Waals surface area (Å²) in [6.07, 6.45) is 1.57. The second-order valence-corrected chi connectivity index (χ2v) is 6.92. The summed E-state index contributed by atoms with van der Waals surface area (Å²) in [6, 6.07) is 10.8. The van der Waals surface area contributed by atoms with Crippen molar-refractivity contribution in [2.24, 2.45) is 0 Å². The Labute approximate surface area is 150 Å². The summed E-state index contributed by atoms with van der Waals surface area (Å²) in [6.45, 7) is -0.103. The van der Waals surface area contributed by atoms with Gasteiger partial charge in [0.1, 0.15) is 11.6 Å². The summed E-state index contributed by atoms with van der Waals surface area (Å²) in [5, 5.41) is 9.06. The number of benzene rings is 2. The molecule has 122 valence electrons. The van der Waals surface area contributed by atoms with Crippen LogP contribution in [-0.2, 0) is 11.3 Å². The van der Waals surface area contributed by atoms with E-state index in [0.29, 0.717) is 10.0 Å². The lowest BCUT2D eigenvalue weighted by atomic mass is 10.2. The Balaban J connectivity index is 1.84. The topological polar surface area (TPSA) is 57.6 Å². The Bertz CT molecular complexity index is 869. The summed E-state index contributed by atoms with van der Waals surface area (Å²) in [4.78, 5) is 25.8. The minimum absolute atomic E-state index is 0.0832. The highest BCUT2D eigenvalue weighted by Gasteiger charge is 2.35. The predicted octanol–water partition coefficient (Wildman–Crippen LogP) is 4.53. The van der Waals surface area contributed by atoms with E-state index < -0.39 is 17.0 Å². The molecule has 4 nitrogen and oxygen atoms in total. The molecule has 1 saturated heterocycles. The molecule has 2 amide bonds. The van der Waals surface area contributed by atoms with Crippen LogP contribution in [0.4, 0.5) is 9.18 Å². The maximum atomic E-state index is 13.7. The van der Waals surface area contributed by atoms with Gasteiger partial charge in [0, 0.05) is 5.56 Å². The van der Waals surface area contributed by atoms with Gasteiger partial charge in [0.2, 0.25) is 0 Å². The number of hydrogen-bond donors (Lipinski definition) is 1. The van der Waals surface area contributed by atoms with E-state index in [1.54, 1.807) is 36.4 Å². The number of aromatic hydroxyl groups is 1. The van der Waals surface area contributed by atoms with Gasteiger partial charge in [0.25, 0.3) is 11.1 Å². The molecular weight excluding hydrogens is 397 g/mol. The average Bonchev–Trinajstić information content (AvgIpc) is 2.80. The second-order valence-electron chi connectivity index (χ2n) is 5.07. The molecule has 1 fully saturated rings. The van der Waals surface area contributed by atoms with Crippen molar-refractivity contribution in [3.63, 3.8) is 0 Å². The van der Waals surface area contributed by atoms with Crippen molar-refractivity contribution in [2.45, 2.75) is 6.54 Å². The quantitative estimate of drug-likeness (QED) is 0.759. The minimum atomic E-state index is -0.461. The van der Waals surface area contributed by atoms with Gasteiger partial charge >= 0.3 is 0 Å². The summed E-state index contributed by atoms with van der Waals surface area (Å²) in [7, 11) is 0. The number of carbonyl (C=O) groups excluding carboxylic acids is 2. The number of thioether (sulfide) groups is 1. The normalized spacial score (nSPS) is 16.2. The van der Waals surface area contributed by atoms with Gasteiger partial charge in [-0.3, -0.25) is 14.5 Å². The molecule has 0 atom stereocenters. The highest BCUT2D eigenvalue weighted by molar-refractivity contribution is 9.10. The number of nitrogens with zero attached hydrogens (tertiary/aromatic N) is 1. The van der Waals surface area contributed by atoms with E-state index in [9.17, 15) is 19.1 Å². The Morgan fingerprint density at radius 2 is 1.96 bits per heavy atom. The van der Waals surface area contributed by atoms with Crippen molar-refractivity contribution in [1.82, 2.24) is 4.90 Å². The maximum absolute atomic E-state index is 13.7. The zero-order valence-electron chi connectivity index (χ0n) is 12.2. The van der Waals surface area contributed by atoms with Crippen LogP contribution in [0.15, 0.2) is 51.8 Å². The molecule has 0 radical (unpaired) electrons. The van der Waals surface area contributed by atoms with Gasteiger partial charge in [-0.15, -0.1) is 0 Å². The minimum Gasteiger partial charge on any atom is -0.507 e. The fourth-order valence-corrected chi connectivity index (χ4v) is 3.43. The molecule has 1 heterocycles. The first-order chi connectivity index (χ1) is 11.5. The van der Waals surface area contributed by atoms with Crippen LogP contribution < -0.4 is 0 Å². The largest absolute Gasteiger partial charge is 0.507 e. The zero-order valence-corrected chi connectivity index (χ0v) is 14.6. The van der Waals surface area contributed by atoms with E-state index >= 15 is 0 Å². The molecule has 2 aromatic rings. The van der Waals surface area contributed by atoms with Crippen molar-refractivity contribution in [3.8, 4) is 5.75 Å². The van der Waals surface area contributed by atoms with E-state index in [1.165, 1.54) is 12.1 Å². The molecule has 7 heteroatoms. The SMILES string of the molecule is O=C1S/C(=C\c2ccc(O)c(Br)c2)C(=O)N1Cc1ccccc1F. The summed E-state index contributed by atoms with van der Waals surface area (Å²) < 4.78 is 14.2. The first-order valence-corrected chi connectivity index (χ1v) is 8.54. The molecule has 24 heavy (non-hydrogen) atoms. The molecule has 1 aliphatic heterocycles. The molecule has 0 aliphatic carbocycles. The third-order valence-electron chi connectivity index (χ3n) is 3.43. The van der Waals surface area contributed by atoms with E-state index in [1.807, 2.05) is 0 Å². The summed E-state index contributed by atoms with van der Waals surface area (Å²) >= 11 is 4.01. The van der Waals surface area contributed by atoms with Crippen LogP contribution in [0.1, 0.15) is 11.1 Å². The van der Waals surface area contributed by atoms with Gasteiger partial charge in [-0.2, -0.15) is 0 Å². The number of halogens is 2. The highest BCUT2D eigenvalue weighted by atomic mass is 79.9. The van der Waals surface area contributed by atoms with Crippen molar-refractivity contribution in [3.05, 3.63) is 68.8 Å². The monoisotopic (exact) mass is 407 g/mol. The zero-order chi connectivity index (χ0) is 17.3. The fourth-order valence-electron chi connectivity index (χ4n) is 2.20. The van der Waals surface area contributed by atoms with E-state index in [-0.39, 0.29) is 22.8 Å². The molecular formula is C17H11BrFNO3S. The molecule has 0 bridgehead atoms. The Morgan fingerprint density at radius 1 is 1.21 bits per heavy atom. The molecule has 0 aromatic heterocycles. The number of imide groups is 1. The average molecular weight is 408 g/mol. The van der Waals surface area contributed by atoms with Crippen LogP contribution in [0, 0.1) is 5.82 Å². The Morgan fingerprint density at radius 3 is 2.67 bits per heavy atom. The van der Waals surface area contributed by atoms with Crippen LogP contribution in [-0.4, -0.2) is 21.2 Å². The van der Waals surface area contributed by atoms with Crippen molar-refractivity contribution in [2.75, 3.05) is 0 Å². The third-order valence-corrected chi connectivity index (χ3v) is 4.97. The maximum Gasteiger partial charge on any atom is 0.293 e. The molecule has 0 unspecified atom stereocenters. The Hall–Kier alpha value is -2.12. The lowest BCUT2D eigenvalue weighted by Crippen LogP contribution is -2.27. The first kappa shape index (κ1) is 16.7. The van der Waals surface area contributed by atoms with E-state index in [4.69, 9.17) is 0 Å². The summed E-state index contributed by atoms with van der Waals surface area (Å²) in [5.74, 6) is -0.833. The van der Waals surface area contributed by atoms with Crippen LogP contribution in [0.25, 0.3) is 6.08 Å². The number of rotatable bonds is 3. The molecule has 0 saturated carbocycles. The van der Waals surface area contributed by atoms with E-state index in [2.05, 4.69) is 15.9 Å². The van der Waals surface area contributed by atoms with Gasteiger partial charge in [-0.25, -0.2) is 4.39 Å². The third kappa shape index (κ3) is 3.37. The lowest BCUT2D eigenvalue weighted by molar-refractivity contribution is -0.123. The van der Waals surface area contributed by atoms with E-state index in [0.717, 1.165) is 16.7 Å². The first-order valence-electron chi connectivity index (χ1n) is 6.93. The van der Waals surface area contributed by atoms with Crippen LogP contribution in [0.2, 0.25) is 0 Å². The van der Waals surface area contributed by atoms with Crippen molar-refractivity contribution in [1.29, 1.82) is 0 Å². The standard InChI is InChI=1S/C17H11BrFNO3S/c18-12-7-10(5-6-14(12)21)8-15-16(22)20(17(23)24-15)9-11-3-1-2-4-13(11)19/h1-8,21H,9H2/b15-8-. The molecule has 1 aliphatic rings. The van der Waals surface area contributed by atoms with Crippen molar-refractivity contribution < 1.29 is 19.1 Å². The molecule has 2 aromatic carbocycles. The number of hydrogen-bond acceptors (Lipinski definition) is 4. The number of phenolic OH excluding ortho intramolecular Hbond substituents is 1. The lowest BCUT2D eigenvalue weighted by Gasteiger charge is -2.12. The van der Waals surface area contributed by atoms with Gasteiger partial charge in [-0.1, -0.05) is 24.3 Å². The van der Waals surface area contributed by atoms with Gasteiger partial charge in [-0.05, 0) is 57.5 Å². The van der Waals surface area contributed by atoms with Gasteiger partial charge < -0.3 is 5.11 Å². The molecule has 0 spiro atoms. The van der Waals surface area contributed by atoms with Crippen LogP contribution in [0.5, 0.6) is 5.75 Å². The second kappa shape index (κ2) is 6.78. The van der Waals surface area contributed by atoms with Crippen molar-refractivity contribution >= 4 is 44.9 Å². The number of phenols is 1. The van der Waals surface area contributed by atoms with Gasteiger partial charge in [0.05, 0.1) is 15.9 Å². The highest BCUT2D eigenvalue weighted by Crippen LogP contribution is 2.34. The predicted molar refractivity (Wildman–Crippen MR) is 93.7 cm³/mol. The smallest absolute Gasteiger partial charge is 0.293 e. The number of carbonyl (C=O) groups is 2. The Kier molecular flexibility index (Phi) is 4.73. The van der Waals surface area contributed by atoms with Crippen LogP contribution >= 0.6 is 27.7 Å². The van der Waals surface area contributed by atoms with Crippen LogP contribution in [0.3, 0.4) is 0 Å². The van der Waals surface area contributed by atoms with Gasteiger partial charge in [0.15, 0.2) is 0 Å². The number of amides is 2.